The molecule has 3 N–H and O–H groups in total. The first-order chi connectivity index (χ1) is 9.74. The summed E-state index contributed by atoms with van der Waals surface area (Å²) in [6, 6.07) is 10.1. The number of hydrogen-bond donors (Lipinski definition) is 3. The number of hydrogen-bond acceptors (Lipinski definition) is 2. The van der Waals surface area contributed by atoms with E-state index in [-0.39, 0.29) is 24.4 Å². The van der Waals surface area contributed by atoms with Crippen LogP contribution in [0, 0.1) is 0 Å². The minimum absolute atomic E-state index is 0. The van der Waals surface area contributed by atoms with Gasteiger partial charge in [0.05, 0.1) is 5.02 Å². The highest BCUT2D eigenvalue weighted by molar-refractivity contribution is 6.30. The SMILES string of the molecule is Cl.O=C(NCC1NCCc2ccccc21)c1cc(Cl)c[nH]1. The van der Waals surface area contributed by atoms with Crippen LogP contribution in [-0.2, 0) is 6.42 Å². The highest BCUT2D eigenvalue weighted by atomic mass is 35.5. The predicted molar refractivity (Wildman–Crippen MR) is 86.3 cm³/mol. The van der Waals surface area contributed by atoms with Gasteiger partial charge in [0.1, 0.15) is 5.69 Å². The van der Waals surface area contributed by atoms with Crippen molar-refractivity contribution in [2.45, 2.75) is 12.5 Å². The van der Waals surface area contributed by atoms with Crippen molar-refractivity contribution in [2.75, 3.05) is 13.1 Å². The fraction of sp³-hybridized carbons (Fsp3) is 0.267. The normalized spacial score (nSPS) is 16.7. The van der Waals surface area contributed by atoms with E-state index in [0.717, 1.165) is 13.0 Å². The van der Waals surface area contributed by atoms with E-state index < -0.39 is 0 Å². The molecule has 0 radical (unpaired) electrons. The van der Waals surface area contributed by atoms with Crippen LogP contribution < -0.4 is 10.6 Å². The Kier molecular flexibility index (Phi) is 5.28. The minimum atomic E-state index is -0.137. The Hall–Kier alpha value is -1.49. The van der Waals surface area contributed by atoms with Crippen LogP contribution in [0.1, 0.15) is 27.7 Å². The lowest BCUT2D eigenvalue weighted by Crippen LogP contribution is -2.38. The number of carbonyl (C=O) groups excluding carboxylic acids is 1. The van der Waals surface area contributed by atoms with Crippen LogP contribution in [0.4, 0.5) is 0 Å². The van der Waals surface area contributed by atoms with Gasteiger partial charge in [-0.15, -0.1) is 12.4 Å². The topological polar surface area (TPSA) is 56.9 Å². The van der Waals surface area contributed by atoms with Gasteiger partial charge in [0.2, 0.25) is 0 Å². The van der Waals surface area contributed by atoms with Crippen molar-refractivity contribution in [3.8, 4) is 0 Å². The highest BCUT2D eigenvalue weighted by Gasteiger charge is 2.20. The number of nitrogens with one attached hydrogen (secondary N) is 3. The summed E-state index contributed by atoms with van der Waals surface area (Å²) in [5.41, 5.74) is 3.11. The van der Waals surface area contributed by atoms with Gasteiger partial charge >= 0.3 is 0 Å². The quantitative estimate of drug-likeness (QED) is 0.812. The molecule has 6 heteroatoms. The molecule has 4 nitrogen and oxygen atoms in total. The molecule has 3 rings (SSSR count). The lowest BCUT2D eigenvalue weighted by molar-refractivity contribution is 0.0944. The first-order valence-electron chi connectivity index (χ1n) is 6.67. The number of fused-ring (bicyclic) bond motifs is 1. The monoisotopic (exact) mass is 325 g/mol. The van der Waals surface area contributed by atoms with Gasteiger partial charge in [0.25, 0.3) is 5.91 Å². The summed E-state index contributed by atoms with van der Waals surface area (Å²) in [6.07, 6.45) is 2.64. The predicted octanol–water partition coefficient (Wildman–Crippen LogP) is 2.71. The molecule has 0 saturated heterocycles. The third-order valence-corrected chi connectivity index (χ3v) is 3.79. The molecule has 0 spiro atoms. The average Bonchev–Trinajstić information content (AvgIpc) is 2.91. The summed E-state index contributed by atoms with van der Waals surface area (Å²) in [6.45, 7) is 1.50. The Bertz CT molecular complexity index is 627. The maximum atomic E-state index is 12.0. The zero-order chi connectivity index (χ0) is 13.9. The largest absolute Gasteiger partial charge is 0.356 e. The van der Waals surface area contributed by atoms with E-state index in [2.05, 4.69) is 33.8 Å². The van der Waals surface area contributed by atoms with Crippen LogP contribution >= 0.6 is 24.0 Å². The van der Waals surface area contributed by atoms with Crippen LogP contribution in [0.15, 0.2) is 36.5 Å². The van der Waals surface area contributed by atoms with Crippen LogP contribution in [0.3, 0.4) is 0 Å². The van der Waals surface area contributed by atoms with Crippen LogP contribution in [0.2, 0.25) is 5.02 Å². The molecular weight excluding hydrogens is 309 g/mol. The van der Waals surface area contributed by atoms with Crippen molar-refractivity contribution in [3.05, 3.63) is 58.4 Å². The average molecular weight is 326 g/mol. The van der Waals surface area contributed by atoms with Gasteiger partial charge < -0.3 is 15.6 Å². The molecule has 1 aromatic carbocycles. The maximum Gasteiger partial charge on any atom is 0.267 e. The molecule has 112 valence electrons. The van der Waals surface area contributed by atoms with Gasteiger partial charge in [-0.05, 0) is 30.2 Å². The third-order valence-electron chi connectivity index (χ3n) is 3.57. The van der Waals surface area contributed by atoms with Crippen molar-refractivity contribution < 1.29 is 4.79 Å². The van der Waals surface area contributed by atoms with E-state index in [1.54, 1.807) is 12.3 Å². The minimum Gasteiger partial charge on any atom is -0.356 e. The molecule has 1 aromatic heterocycles. The van der Waals surface area contributed by atoms with Gasteiger partial charge in [0, 0.05) is 18.8 Å². The molecule has 0 aliphatic carbocycles. The summed E-state index contributed by atoms with van der Waals surface area (Å²) in [7, 11) is 0. The number of halogens is 2. The van der Waals surface area contributed by atoms with Crippen molar-refractivity contribution in [1.82, 2.24) is 15.6 Å². The molecule has 1 aliphatic rings. The molecule has 1 unspecified atom stereocenters. The second-order valence-electron chi connectivity index (χ2n) is 4.90. The number of H-pyrrole nitrogens is 1. The first kappa shape index (κ1) is 15.9. The Morgan fingerprint density at radius 3 is 2.95 bits per heavy atom. The summed E-state index contributed by atoms with van der Waals surface area (Å²) < 4.78 is 0. The summed E-state index contributed by atoms with van der Waals surface area (Å²) >= 11 is 5.80. The van der Waals surface area contributed by atoms with E-state index in [1.807, 2.05) is 6.07 Å². The molecule has 1 amide bonds. The number of rotatable bonds is 3. The molecule has 1 aliphatic heterocycles. The standard InChI is InChI=1S/C15H16ClN3O.ClH/c16-11-7-13(18-8-11)15(20)19-9-14-12-4-2-1-3-10(12)5-6-17-14;/h1-4,7-8,14,17-18H,5-6,9H2,(H,19,20);1H. The van der Waals surface area contributed by atoms with Crippen molar-refractivity contribution in [3.63, 3.8) is 0 Å². The summed E-state index contributed by atoms with van der Waals surface area (Å²) in [5.74, 6) is -0.137. The molecule has 1 atom stereocenters. The van der Waals surface area contributed by atoms with Crippen molar-refractivity contribution >= 4 is 29.9 Å². The van der Waals surface area contributed by atoms with E-state index in [9.17, 15) is 4.79 Å². The number of benzene rings is 1. The number of aromatic nitrogens is 1. The smallest absolute Gasteiger partial charge is 0.267 e. The lowest BCUT2D eigenvalue weighted by Gasteiger charge is -2.27. The zero-order valence-electron chi connectivity index (χ0n) is 11.4. The second kappa shape index (κ2) is 6.98. The fourth-order valence-corrected chi connectivity index (χ4v) is 2.73. The first-order valence-corrected chi connectivity index (χ1v) is 7.05. The van der Waals surface area contributed by atoms with E-state index in [4.69, 9.17) is 11.6 Å². The third kappa shape index (κ3) is 3.59. The molecule has 0 bridgehead atoms. The zero-order valence-corrected chi connectivity index (χ0v) is 12.9. The van der Waals surface area contributed by atoms with Gasteiger partial charge in [-0.3, -0.25) is 4.79 Å². The molecule has 2 heterocycles. The summed E-state index contributed by atoms with van der Waals surface area (Å²) in [4.78, 5) is 14.8. The highest BCUT2D eigenvalue weighted by Crippen LogP contribution is 2.21. The van der Waals surface area contributed by atoms with E-state index in [1.165, 1.54) is 11.1 Å². The Balaban J connectivity index is 0.00000161. The molecule has 0 fully saturated rings. The van der Waals surface area contributed by atoms with Gasteiger partial charge in [-0.25, -0.2) is 0 Å². The Labute approximate surface area is 134 Å². The lowest BCUT2D eigenvalue weighted by atomic mass is 9.94. The van der Waals surface area contributed by atoms with Crippen molar-refractivity contribution in [2.24, 2.45) is 0 Å². The van der Waals surface area contributed by atoms with Crippen LogP contribution in [-0.4, -0.2) is 24.0 Å². The molecule has 0 saturated carbocycles. The second-order valence-corrected chi connectivity index (χ2v) is 5.33. The van der Waals surface area contributed by atoms with Gasteiger partial charge in [0.15, 0.2) is 0 Å². The molecular formula is C15H17Cl2N3O. The number of amides is 1. The van der Waals surface area contributed by atoms with Crippen LogP contribution in [0.5, 0.6) is 0 Å². The fourth-order valence-electron chi connectivity index (χ4n) is 2.56. The maximum absolute atomic E-state index is 12.0. The Morgan fingerprint density at radius 1 is 1.38 bits per heavy atom. The Morgan fingerprint density at radius 2 is 2.19 bits per heavy atom. The van der Waals surface area contributed by atoms with Crippen molar-refractivity contribution in [1.29, 1.82) is 0 Å². The van der Waals surface area contributed by atoms with Gasteiger partial charge in [-0.2, -0.15) is 0 Å². The number of aromatic amines is 1. The van der Waals surface area contributed by atoms with Crippen LogP contribution in [0.25, 0.3) is 0 Å². The molecule has 2 aromatic rings. The summed E-state index contributed by atoms with van der Waals surface area (Å²) in [5, 5.41) is 6.91. The van der Waals surface area contributed by atoms with E-state index in [0.29, 0.717) is 17.3 Å². The number of carbonyl (C=O) groups is 1. The molecule has 21 heavy (non-hydrogen) atoms. The van der Waals surface area contributed by atoms with E-state index >= 15 is 0 Å². The van der Waals surface area contributed by atoms with Gasteiger partial charge in [-0.1, -0.05) is 35.9 Å².